The highest BCUT2D eigenvalue weighted by Crippen LogP contribution is 2.27. The second-order valence-electron chi connectivity index (χ2n) is 4.04. The molecule has 18 heavy (non-hydrogen) atoms. The van der Waals surface area contributed by atoms with Crippen molar-refractivity contribution in [1.29, 1.82) is 0 Å². The summed E-state index contributed by atoms with van der Waals surface area (Å²) in [5, 5.41) is 4.00. The van der Waals surface area contributed by atoms with E-state index < -0.39 is 0 Å². The minimum Gasteiger partial charge on any atom is -0.462 e. The molecule has 0 unspecified atom stereocenters. The van der Waals surface area contributed by atoms with Gasteiger partial charge in [-0.2, -0.15) is 0 Å². The van der Waals surface area contributed by atoms with Crippen molar-refractivity contribution in [2.24, 2.45) is 0 Å². The Morgan fingerprint density at radius 1 is 1.44 bits per heavy atom. The number of nitrogens with zero attached hydrogens (tertiary/aromatic N) is 1. The van der Waals surface area contributed by atoms with Crippen molar-refractivity contribution in [3.05, 3.63) is 35.5 Å². The second kappa shape index (κ2) is 5.04. The number of pyridine rings is 1. The smallest absolute Gasteiger partial charge is 0.341 e. The maximum atomic E-state index is 11.9. The molecule has 0 atom stereocenters. The van der Waals surface area contributed by atoms with Gasteiger partial charge in [0.05, 0.1) is 17.8 Å². The summed E-state index contributed by atoms with van der Waals surface area (Å²) in [7, 11) is 1.79. The largest absolute Gasteiger partial charge is 0.462 e. The van der Waals surface area contributed by atoms with E-state index in [0.29, 0.717) is 12.2 Å². The first-order valence-electron chi connectivity index (χ1n) is 5.91. The molecule has 0 spiro atoms. The number of benzene rings is 1. The predicted octanol–water partition coefficient (Wildman–Crippen LogP) is 2.76. The van der Waals surface area contributed by atoms with Gasteiger partial charge < -0.3 is 10.1 Å². The molecule has 4 heteroatoms. The summed E-state index contributed by atoms with van der Waals surface area (Å²) >= 11 is 0. The standard InChI is InChI=1S/C14H16N2O2/c1-4-18-14(17)11-8-16-12-6-5-9(2)7-10(12)13(11)15-3/h5-8H,4H2,1-3H3,(H,15,16). The van der Waals surface area contributed by atoms with Crippen LogP contribution in [-0.2, 0) is 4.74 Å². The molecule has 4 nitrogen and oxygen atoms in total. The summed E-state index contributed by atoms with van der Waals surface area (Å²) < 4.78 is 5.03. The molecule has 0 bridgehead atoms. The SMILES string of the molecule is CCOC(=O)c1cnc2ccc(C)cc2c1NC. The van der Waals surface area contributed by atoms with Crippen LogP contribution in [0, 0.1) is 6.92 Å². The zero-order valence-electron chi connectivity index (χ0n) is 10.8. The van der Waals surface area contributed by atoms with Crippen molar-refractivity contribution in [3.63, 3.8) is 0 Å². The Kier molecular flexibility index (Phi) is 3.46. The van der Waals surface area contributed by atoms with Gasteiger partial charge in [-0.3, -0.25) is 4.98 Å². The Balaban J connectivity index is 2.65. The number of nitrogens with one attached hydrogen (secondary N) is 1. The number of anilines is 1. The number of hydrogen-bond acceptors (Lipinski definition) is 4. The normalized spacial score (nSPS) is 10.4. The fourth-order valence-electron chi connectivity index (χ4n) is 1.94. The van der Waals surface area contributed by atoms with Gasteiger partial charge in [0.15, 0.2) is 0 Å². The lowest BCUT2D eigenvalue weighted by Gasteiger charge is -2.11. The van der Waals surface area contributed by atoms with Crippen LogP contribution < -0.4 is 5.32 Å². The Morgan fingerprint density at radius 3 is 2.89 bits per heavy atom. The Hall–Kier alpha value is -2.10. The van der Waals surface area contributed by atoms with Gasteiger partial charge in [0, 0.05) is 18.6 Å². The summed E-state index contributed by atoms with van der Waals surface area (Å²) in [6.45, 7) is 4.15. The molecule has 0 aliphatic rings. The van der Waals surface area contributed by atoms with Gasteiger partial charge in [0.1, 0.15) is 5.56 Å². The molecule has 1 N–H and O–H groups in total. The summed E-state index contributed by atoms with van der Waals surface area (Å²) in [5.74, 6) is -0.349. The quantitative estimate of drug-likeness (QED) is 0.843. The number of carbonyl (C=O) groups is 1. The van der Waals surface area contributed by atoms with Crippen LogP contribution in [0.3, 0.4) is 0 Å². The molecule has 1 aromatic carbocycles. The van der Waals surface area contributed by atoms with Crippen molar-refractivity contribution in [3.8, 4) is 0 Å². The van der Waals surface area contributed by atoms with Crippen LogP contribution >= 0.6 is 0 Å². The number of hydrogen-bond donors (Lipinski definition) is 1. The van der Waals surface area contributed by atoms with E-state index in [1.165, 1.54) is 0 Å². The summed E-state index contributed by atoms with van der Waals surface area (Å²) in [6, 6.07) is 5.95. The molecule has 0 aliphatic carbocycles. The molecular formula is C14H16N2O2. The number of ether oxygens (including phenoxy) is 1. The number of aryl methyl sites for hydroxylation is 1. The fourth-order valence-corrected chi connectivity index (χ4v) is 1.94. The first-order chi connectivity index (χ1) is 8.67. The second-order valence-corrected chi connectivity index (χ2v) is 4.04. The first kappa shape index (κ1) is 12.4. The topological polar surface area (TPSA) is 51.2 Å². The van der Waals surface area contributed by atoms with E-state index in [1.54, 1.807) is 20.2 Å². The van der Waals surface area contributed by atoms with E-state index >= 15 is 0 Å². The number of aromatic nitrogens is 1. The molecule has 0 saturated carbocycles. The van der Waals surface area contributed by atoms with Crippen molar-refractivity contribution >= 4 is 22.6 Å². The van der Waals surface area contributed by atoms with Crippen LogP contribution in [0.5, 0.6) is 0 Å². The van der Waals surface area contributed by atoms with E-state index in [-0.39, 0.29) is 5.97 Å². The van der Waals surface area contributed by atoms with E-state index in [0.717, 1.165) is 22.2 Å². The molecule has 94 valence electrons. The Labute approximate surface area is 106 Å². The van der Waals surface area contributed by atoms with Gasteiger partial charge in [0.2, 0.25) is 0 Å². The van der Waals surface area contributed by atoms with E-state index in [1.807, 2.05) is 25.1 Å². The van der Waals surface area contributed by atoms with Gasteiger partial charge in [-0.15, -0.1) is 0 Å². The van der Waals surface area contributed by atoms with E-state index in [9.17, 15) is 4.79 Å². The maximum absolute atomic E-state index is 11.9. The lowest BCUT2D eigenvalue weighted by molar-refractivity contribution is 0.0527. The first-order valence-corrected chi connectivity index (χ1v) is 5.91. The van der Waals surface area contributed by atoms with Crippen LogP contribution in [-0.4, -0.2) is 24.6 Å². The van der Waals surface area contributed by atoms with E-state index in [4.69, 9.17) is 4.74 Å². The van der Waals surface area contributed by atoms with Crippen LogP contribution in [0.25, 0.3) is 10.9 Å². The third-order valence-electron chi connectivity index (χ3n) is 2.77. The molecule has 0 saturated heterocycles. The molecule has 0 amide bonds. The Bertz CT molecular complexity index is 594. The predicted molar refractivity (Wildman–Crippen MR) is 72.0 cm³/mol. The summed E-state index contributed by atoms with van der Waals surface area (Å²) in [4.78, 5) is 16.1. The average molecular weight is 244 g/mol. The number of esters is 1. The molecule has 1 aromatic heterocycles. The number of rotatable bonds is 3. The van der Waals surface area contributed by atoms with Crippen LogP contribution in [0.4, 0.5) is 5.69 Å². The summed E-state index contributed by atoms with van der Waals surface area (Å²) in [6.07, 6.45) is 1.56. The molecule has 0 fully saturated rings. The third-order valence-corrected chi connectivity index (χ3v) is 2.77. The highest BCUT2D eigenvalue weighted by atomic mass is 16.5. The molecule has 0 aliphatic heterocycles. The third kappa shape index (κ3) is 2.14. The lowest BCUT2D eigenvalue weighted by Crippen LogP contribution is -2.09. The van der Waals surface area contributed by atoms with Crippen LogP contribution in [0.15, 0.2) is 24.4 Å². The zero-order valence-corrected chi connectivity index (χ0v) is 10.8. The van der Waals surface area contributed by atoms with Gasteiger partial charge in [-0.05, 0) is 26.0 Å². The molecule has 2 aromatic rings. The monoisotopic (exact) mass is 244 g/mol. The average Bonchev–Trinajstić information content (AvgIpc) is 2.37. The molecule has 0 radical (unpaired) electrons. The molecular weight excluding hydrogens is 228 g/mol. The van der Waals surface area contributed by atoms with Crippen LogP contribution in [0.2, 0.25) is 0 Å². The highest BCUT2D eigenvalue weighted by Gasteiger charge is 2.15. The number of fused-ring (bicyclic) bond motifs is 1. The minimum absolute atomic E-state index is 0.349. The highest BCUT2D eigenvalue weighted by molar-refractivity contribution is 6.04. The zero-order chi connectivity index (χ0) is 13.1. The van der Waals surface area contributed by atoms with E-state index in [2.05, 4.69) is 10.3 Å². The van der Waals surface area contributed by atoms with Crippen molar-refractivity contribution in [2.45, 2.75) is 13.8 Å². The van der Waals surface area contributed by atoms with Crippen molar-refractivity contribution in [1.82, 2.24) is 4.98 Å². The van der Waals surface area contributed by atoms with Crippen LogP contribution in [0.1, 0.15) is 22.8 Å². The molecule has 2 rings (SSSR count). The molecule has 1 heterocycles. The lowest BCUT2D eigenvalue weighted by atomic mass is 10.1. The minimum atomic E-state index is -0.349. The summed E-state index contributed by atoms with van der Waals surface area (Å²) in [5.41, 5.74) is 3.22. The Morgan fingerprint density at radius 2 is 2.22 bits per heavy atom. The maximum Gasteiger partial charge on any atom is 0.341 e. The van der Waals surface area contributed by atoms with Crippen molar-refractivity contribution < 1.29 is 9.53 Å². The van der Waals surface area contributed by atoms with Gasteiger partial charge in [-0.25, -0.2) is 4.79 Å². The van der Waals surface area contributed by atoms with Gasteiger partial charge >= 0.3 is 5.97 Å². The van der Waals surface area contributed by atoms with Gasteiger partial charge in [0.25, 0.3) is 0 Å². The van der Waals surface area contributed by atoms with Gasteiger partial charge in [-0.1, -0.05) is 11.6 Å². The number of carbonyl (C=O) groups excluding carboxylic acids is 1. The van der Waals surface area contributed by atoms with Crippen molar-refractivity contribution in [2.75, 3.05) is 19.0 Å². The fraction of sp³-hybridized carbons (Fsp3) is 0.286.